The van der Waals surface area contributed by atoms with Crippen LogP contribution in [0.1, 0.15) is 271 Å². The van der Waals surface area contributed by atoms with E-state index in [2.05, 4.69) is 112 Å². The van der Waals surface area contributed by atoms with E-state index in [0.717, 1.165) is 96.3 Å². The Morgan fingerprint density at radius 1 is 0.300 bits per heavy atom. The van der Waals surface area contributed by atoms with Crippen LogP contribution in [0, 0.1) is 0 Å². The Morgan fingerprint density at radius 2 is 0.586 bits per heavy atom. The van der Waals surface area contributed by atoms with Crippen molar-refractivity contribution in [1.82, 2.24) is 0 Å². The fraction of sp³-hybridized carbons (Fsp3) is 0.703. The van der Waals surface area contributed by atoms with Gasteiger partial charge in [0.2, 0.25) is 0 Å². The van der Waals surface area contributed by atoms with Crippen LogP contribution in [-0.2, 0) is 28.6 Å². The topological polar surface area (TPSA) is 78.9 Å². The van der Waals surface area contributed by atoms with Crippen molar-refractivity contribution in [3.8, 4) is 0 Å². The molecule has 0 spiro atoms. The van der Waals surface area contributed by atoms with E-state index in [0.29, 0.717) is 19.3 Å². The van der Waals surface area contributed by atoms with Crippen molar-refractivity contribution >= 4 is 17.9 Å². The average Bonchev–Trinajstić information content (AvgIpc) is 3.36. The fourth-order valence-corrected chi connectivity index (χ4v) is 7.93. The van der Waals surface area contributed by atoms with Crippen LogP contribution in [0.5, 0.6) is 0 Å². The van der Waals surface area contributed by atoms with Gasteiger partial charge in [-0.05, 0) is 109 Å². The Morgan fingerprint density at radius 3 is 0.971 bits per heavy atom. The van der Waals surface area contributed by atoms with Gasteiger partial charge in [-0.25, -0.2) is 0 Å². The Bertz CT molecular complexity index is 1400. The zero-order chi connectivity index (χ0) is 50.7. The third-order valence-corrected chi connectivity index (χ3v) is 12.3. The lowest BCUT2D eigenvalue weighted by Gasteiger charge is -2.18. The van der Waals surface area contributed by atoms with Gasteiger partial charge in [0, 0.05) is 19.3 Å². The number of unbranched alkanes of at least 4 members (excludes halogenated alkanes) is 25. The SMILES string of the molecule is CC/C=C\C/C=C\C/C=C\C/C=C\CCC(=O)OCC(COC(=O)CCCCCCCCCC/C=C\C/C=C\C/C=C\CCCCCCC)OC(=O)CCCCCCC/C=C\CCCCCCCCC. The second-order valence-corrected chi connectivity index (χ2v) is 19.2. The van der Waals surface area contributed by atoms with Crippen LogP contribution in [0.15, 0.2) is 97.2 Å². The number of carbonyl (C=O) groups is 3. The smallest absolute Gasteiger partial charge is 0.306 e. The van der Waals surface area contributed by atoms with Crippen molar-refractivity contribution in [2.24, 2.45) is 0 Å². The summed E-state index contributed by atoms with van der Waals surface area (Å²) in [5, 5.41) is 0. The predicted octanol–water partition coefficient (Wildman–Crippen LogP) is 19.7. The third-order valence-electron chi connectivity index (χ3n) is 12.3. The molecule has 0 aliphatic heterocycles. The maximum absolute atomic E-state index is 12.8. The molecule has 0 saturated carbocycles. The van der Waals surface area contributed by atoms with Crippen LogP contribution in [0.4, 0.5) is 0 Å². The van der Waals surface area contributed by atoms with Crippen LogP contribution in [0.2, 0.25) is 0 Å². The molecule has 1 unspecified atom stereocenters. The number of ether oxygens (including phenoxy) is 3. The van der Waals surface area contributed by atoms with E-state index in [4.69, 9.17) is 14.2 Å². The van der Waals surface area contributed by atoms with E-state index in [9.17, 15) is 14.4 Å². The molecule has 0 fully saturated rings. The first kappa shape index (κ1) is 66.3. The summed E-state index contributed by atoms with van der Waals surface area (Å²) in [5.41, 5.74) is 0. The zero-order valence-corrected chi connectivity index (χ0v) is 45.8. The van der Waals surface area contributed by atoms with Gasteiger partial charge in [-0.2, -0.15) is 0 Å². The van der Waals surface area contributed by atoms with Gasteiger partial charge in [0.15, 0.2) is 6.10 Å². The minimum Gasteiger partial charge on any atom is -0.462 e. The second-order valence-electron chi connectivity index (χ2n) is 19.2. The van der Waals surface area contributed by atoms with Crippen molar-refractivity contribution < 1.29 is 28.6 Å². The van der Waals surface area contributed by atoms with Gasteiger partial charge in [0.05, 0.1) is 0 Å². The molecule has 0 rings (SSSR count). The van der Waals surface area contributed by atoms with Crippen molar-refractivity contribution in [1.29, 1.82) is 0 Å². The van der Waals surface area contributed by atoms with Gasteiger partial charge >= 0.3 is 17.9 Å². The summed E-state index contributed by atoms with van der Waals surface area (Å²) in [4.78, 5) is 38.1. The molecule has 0 aromatic rings. The van der Waals surface area contributed by atoms with Crippen molar-refractivity contribution in [3.63, 3.8) is 0 Å². The van der Waals surface area contributed by atoms with Gasteiger partial charge < -0.3 is 14.2 Å². The molecule has 0 heterocycles. The van der Waals surface area contributed by atoms with E-state index >= 15 is 0 Å². The van der Waals surface area contributed by atoms with Crippen LogP contribution in [0.3, 0.4) is 0 Å². The first-order valence-corrected chi connectivity index (χ1v) is 29.2. The number of hydrogen-bond donors (Lipinski definition) is 0. The fourth-order valence-electron chi connectivity index (χ4n) is 7.93. The summed E-state index contributed by atoms with van der Waals surface area (Å²) >= 11 is 0. The second kappa shape index (κ2) is 57.9. The van der Waals surface area contributed by atoms with Gasteiger partial charge in [-0.15, -0.1) is 0 Å². The predicted molar refractivity (Wildman–Crippen MR) is 302 cm³/mol. The Labute approximate surface area is 432 Å². The molecule has 6 heteroatoms. The third kappa shape index (κ3) is 55.3. The van der Waals surface area contributed by atoms with Gasteiger partial charge in [-0.1, -0.05) is 240 Å². The van der Waals surface area contributed by atoms with E-state index in [1.165, 1.54) is 128 Å². The number of rotatable bonds is 52. The number of hydrogen-bond acceptors (Lipinski definition) is 6. The minimum atomic E-state index is -0.815. The molecule has 0 amide bonds. The molecular weight excluding hydrogens is 865 g/mol. The van der Waals surface area contributed by atoms with Gasteiger partial charge in [0.1, 0.15) is 13.2 Å². The van der Waals surface area contributed by atoms with E-state index in [1.54, 1.807) is 0 Å². The average molecular weight is 974 g/mol. The number of carbonyl (C=O) groups excluding carboxylic acids is 3. The van der Waals surface area contributed by atoms with Crippen LogP contribution in [-0.4, -0.2) is 37.2 Å². The summed E-state index contributed by atoms with van der Waals surface area (Å²) in [5.74, 6) is -1.00. The Hall–Kier alpha value is -3.67. The molecular formula is C64H108O6. The summed E-state index contributed by atoms with van der Waals surface area (Å²) in [6.07, 6.45) is 77.0. The molecule has 0 aromatic heterocycles. The molecule has 70 heavy (non-hydrogen) atoms. The molecule has 0 aromatic carbocycles. The molecule has 6 nitrogen and oxygen atoms in total. The first-order chi connectivity index (χ1) is 34.5. The number of allylic oxidation sites excluding steroid dienone is 16. The van der Waals surface area contributed by atoms with E-state index in [1.807, 2.05) is 6.08 Å². The molecule has 0 N–H and O–H groups in total. The summed E-state index contributed by atoms with van der Waals surface area (Å²) in [6.45, 7) is 6.44. The standard InChI is InChI=1S/C64H108O6/c1-4-7-10-13-16-19-22-25-27-29-30-31-32-33-34-35-37-39-42-45-48-51-54-57-63(66)69-60-61(59-68-62(65)56-53-50-47-44-41-38-24-21-18-15-12-9-6-3)70-64(67)58-55-52-49-46-43-40-36-28-26-23-20-17-14-11-8-5-2/h9,12,18,21-22,25,28-30,32-33,36,38,41,47,50,61H,4-8,10-11,13-17,19-20,23-24,26-27,31,34-35,37,39-40,42-46,48-49,51-60H2,1-3H3/b12-9-,21-18-,25-22-,30-29-,33-32-,36-28-,41-38-,50-47-. The summed E-state index contributed by atoms with van der Waals surface area (Å²) in [7, 11) is 0. The van der Waals surface area contributed by atoms with Gasteiger partial charge in [0.25, 0.3) is 0 Å². The van der Waals surface area contributed by atoms with Gasteiger partial charge in [-0.3, -0.25) is 14.4 Å². The normalized spacial score (nSPS) is 12.8. The lowest BCUT2D eigenvalue weighted by atomic mass is 10.1. The van der Waals surface area contributed by atoms with E-state index in [-0.39, 0.29) is 37.5 Å². The molecule has 0 aliphatic rings. The monoisotopic (exact) mass is 973 g/mol. The highest BCUT2D eigenvalue weighted by molar-refractivity contribution is 5.71. The molecule has 1 atom stereocenters. The summed E-state index contributed by atoms with van der Waals surface area (Å²) < 4.78 is 16.8. The maximum atomic E-state index is 12.8. The molecule has 0 aliphatic carbocycles. The zero-order valence-electron chi connectivity index (χ0n) is 45.8. The Balaban J connectivity index is 4.41. The quantitative estimate of drug-likeness (QED) is 0.0262. The molecule has 0 bridgehead atoms. The van der Waals surface area contributed by atoms with Crippen molar-refractivity contribution in [2.75, 3.05) is 13.2 Å². The lowest BCUT2D eigenvalue weighted by Crippen LogP contribution is -2.30. The molecule has 400 valence electrons. The highest BCUT2D eigenvalue weighted by atomic mass is 16.6. The van der Waals surface area contributed by atoms with Crippen LogP contribution >= 0.6 is 0 Å². The first-order valence-electron chi connectivity index (χ1n) is 29.2. The maximum Gasteiger partial charge on any atom is 0.306 e. The largest absolute Gasteiger partial charge is 0.462 e. The lowest BCUT2D eigenvalue weighted by molar-refractivity contribution is -0.166. The summed E-state index contributed by atoms with van der Waals surface area (Å²) in [6, 6.07) is 0. The molecule has 0 saturated heterocycles. The van der Waals surface area contributed by atoms with Crippen molar-refractivity contribution in [2.45, 2.75) is 277 Å². The Kier molecular flexibility index (Phi) is 54.9. The van der Waals surface area contributed by atoms with E-state index < -0.39 is 6.10 Å². The molecule has 0 radical (unpaired) electrons. The highest BCUT2D eigenvalue weighted by Gasteiger charge is 2.19. The van der Waals surface area contributed by atoms with Crippen LogP contribution in [0.25, 0.3) is 0 Å². The number of esters is 3. The highest BCUT2D eigenvalue weighted by Crippen LogP contribution is 2.14. The minimum absolute atomic E-state index is 0.107. The van der Waals surface area contributed by atoms with Crippen molar-refractivity contribution in [3.05, 3.63) is 97.2 Å². The van der Waals surface area contributed by atoms with Crippen LogP contribution < -0.4 is 0 Å².